The number of ether oxygens (including phenoxy) is 2. The van der Waals surface area contributed by atoms with Crippen molar-refractivity contribution in [1.82, 2.24) is 0 Å². The topological polar surface area (TPSA) is 93.2 Å². The van der Waals surface area contributed by atoms with E-state index in [4.69, 9.17) is 9.47 Å². The maximum absolute atomic E-state index is 11.8. The molecule has 4 aromatic carbocycles. The first kappa shape index (κ1) is 26.2. The molecule has 0 spiro atoms. The molecule has 4 amide bonds. The van der Waals surface area contributed by atoms with Crippen LogP contribution in [0.3, 0.4) is 0 Å². The van der Waals surface area contributed by atoms with Crippen LogP contribution in [-0.2, 0) is 19.2 Å². The molecule has 0 unspecified atom stereocenters. The fourth-order valence-corrected chi connectivity index (χ4v) is 6.32. The Morgan fingerprint density at radius 1 is 0.390 bits per heavy atom. The standard InChI is InChI=1S/C32H20IN2O6/c36-29-17-18-30(37)34(29)23-5-13-27(14-6-23)40-25-9-1-21(2-10-25)33-22-3-11-26(12-4-22)41-28-15-7-24(8-16-28)35-31(38)19-20-32(35)39/h1-20H/q-1. The van der Waals surface area contributed by atoms with Crippen LogP contribution in [0, 0.1) is 7.14 Å². The number of halogens is 1. The molecular formula is C32H20IN2O6-. The second kappa shape index (κ2) is 11.2. The summed E-state index contributed by atoms with van der Waals surface area (Å²) >= 11 is -0.417. The zero-order valence-corrected chi connectivity index (χ0v) is 23.4. The minimum absolute atomic E-state index is 0.357. The number of rotatable bonds is 8. The maximum atomic E-state index is 11.8. The van der Waals surface area contributed by atoms with Crippen LogP contribution in [-0.4, -0.2) is 23.6 Å². The van der Waals surface area contributed by atoms with Gasteiger partial charge < -0.3 is 0 Å². The molecule has 2 heterocycles. The summed E-state index contributed by atoms with van der Waals surface area (Å²) in [6, 6.07) is 29.4. The summed E-state index contributed by atoms with van der Waals surface area (Å²) in [6.07, 6.45) is 5.01. The van der Waals surface area contributed by atoms with Crippen molar-refractivity contribution in [2.24, 2.45) is 0 Å². The summed E-state index contributed by atoms with van der Waals surface area (Å²) in [5.41, 5.74) is 0.995. The molecule has 2 aliphatic rings. The summed E-state index contributed by atoms with van der Waals surface area (Å²) in [5, 5.41) is 0. The Kier molecular flexibility index (Phi) is 7.17. The predicted octanol–water partition coefficient (Wildman–Crippen LogP) is 2.26. The molecule has 4 aromatic rings. The minimum atomic E-state index is -0.417. The Morgan fingerprint density at radius 3 is 0.951 bits per heavy atom. The first-order chi connectivity index (χ1) is 19.9. The van der Waals surface area contributed by atoms with Crippen molar-refractivity contribution in [2.45, 2.75) is 0 Å². The molecule has 9 heteroatoms. The number of nitrogens with zero attached hydrogens (tertiary/aromatic N) is 2. The van der Waals surface area contributed by atoms with Gasteiger partial charge in [0.05, 0.1) is 0 Å². The molecular weight excluding hydrogens is 635 g/mol. The molecule has 202 valence electrons. The second-order valence-electron chi connectivity index (χ2n) is 8.88. The first-order valence-electron chi connectivity index (χ1n) is 12.5. The van der Waals surface area contributed by atoms with E-state index in [2.05, 4.69) is 0 Å². The van der Waals surface area contributed by atoms with E-state index >= 15 is 0 Å². The number of hydrogen-bond acceptors (Lipinski definition) is 6. The molecule has 2 aliphatic heterocycles. The van der Waals surface area contributed by atoms with E-state index in [1.54, 1.807) is 48.5 Å². The molecule has 8 nitrogen and oxygen atoms in total. The van der Waals surface area contributed by atoms with Crippen LogP contribution in [0.2, 0.25) is 0 Å². The van der Waals surface area contributed by atoms with Crippen LogP contribution in [0.1, 0.15) is 0 Å². The van der Waals surface area contributed by atoms with Gasteiger partial charge in [-0.1, -0.05) is 0 Å². The summed E-state index contributed by atoms with van der Waals surface area (Å²) in [6.45, 7) is 0. The van der Waals surface area contributed by atoms with Crippen molar-refractivity contribution in [3.8, 4) is 23.0 Å². The van der Waals surface area contributed by atoms with E-state index in [-0.39, 0.29) is 23.6 Å². The van der Waals surface area contributed by atoms with Gasteiger partial charge in [0.25, 0.3) is 0 Å². The van der Waals surface area contributed by atoms with Gasteiger partial charge in [0.2, 0.25) is 0 Å². The molecule has 0 N–H and O–H groups in total. The molecule has 0 saturated carbocycles. The Bertz CT molecular complexity index is 1550. The van der Waals surface area contributed by atoms with Gasteiger partial charge in [0.15, 0.2) is 0 Å². The van der Waals surface area contributed by atoms with Crippen molar-refractivity contribution in [3.05, 3.63) is 129 Å². The zero-order valence-electron chi connectivity index (χ0n) is 21.3. The van der Waals surface area contributed by atoms with Crippen LogP contribution < -0.4 is 40.5 Å². The van der Waals surface area contributed by atoms with Crippen LogP contribution in [0.5, 0.6) is 23.0 Å². The summed E-state index contributed by atoms with van der Waals surface area (Å²) in [7, 11) is 0. The molecule has 6 rings (SSSR count). The monoisotopic (exact) mass is 655 g/mol. The van der Waals surface area contributed by atoms with E-state index in [9.17, 15) is 19.2 Å². The van der Waals surface area contributed by atoms with E-state index in [1.807, 2.05) is 48.5 Å². The first-order valence-corrected chi connectivity index (χ1v) is 14.6. The number of imide groups is 2. The molecule has 0 aliphatic carbocycles. The van der Waals surface area contributed by atoms with E-state index in [0.29, 0.717) is 34.4 Å². The zero-order chi connectivity index (χ0) is 28.3. The number of benzene rings is 4. The van der Waals surface area contributed by atoms with Gasteiger partial charge >= 0.3 is 246 Å². The van der Waals surface area contributed by atoms with Crippen molar-refractivity contribution >= 4 is 35.0 Å². The average Bonchev–Trinajstić information content (AvgIpc) is 3.50. The van der Waals surface area contributed by atoms with Gasteiger partial charge in [0.1, 0.15) is 0 Å². The Balaban J connectivity index is 1.03. The normalized spacial score (nSPS) is 14.4. The molecule has 0 atom stereocenters. The Hall–Kier alpha value is -5.03. The van der Waals surface area contributed by atoms with Gasteiger partial charge in [-0.05, 0) is 0 Å². The molecule has 0 saturated heterocycles. The number of hydrogen-bond donors (Lipinski definition) is 0. The molecule has 0 bridgehead atoms. The van der Waals surface area contributed by atoms with Crippen LogP contribution >= 0.6 is 0 Å². The second-order valence-corrected chi connectivity index (χ2v) is 11.9. The third-order valence-electron chi connectivity index (χ3n) is 6.13. The van der Waals surface area contributed by atoms with Crippen LogP contribution in [0.15, 0.2) is 121 Å². The predicted molar refractivity (Wildman–Crippen MR) is 147 cm³/mol. The number of anilines is 2. The SMILES string of the molecule is O=C1C=CC(=O)N1c1ccc(Oc2ccc([I-]c3ccc(Oc4ccc(N5C(=O)C=CC5=O)cc4)cc3)cc2)cc1. The van der Waals surface area contributed by atoms with Crippen LogP contribution in [0.25, 0.3) is 0 Å². The Morgan fingerprint density at radius 2 is 0.659 bits per heavy atom. The number of amides is 4. The van der Waals surface area contributed by atoms with Crippen molar-refractivity contribution in [3.63, 3.8) is 0 Å². The molecule has 0 radical (unpaired) electrons. The third kappa shape index (κ3) is 5.80. The van der Waals surface area contributed by atoms with Crippen molar-refractivity contribution in [1.29, 1.82) is 0 Å². The van der Waals surface area contributed by atoms with Gasteiger partial charge in [-0.25, -0.2) is 0 Å². The molecule has 0 aromatic heterocycles. The number of carbonyl (C=O) groups is 4. The average molecular weight is 655 g/mol. The fourth-order valence-electron chi connectivity index (χ4n) is 4.17. The van der Waals surface area contributed by atoms with E-state index < -0.39 is 21.2 Å². The summed E-state index contributed by atoms with van der Waals surface area (Å²) in [5.74, 6) is 1.14. The van der Waals surface area contributed by atoms with Gasteiger partial charge in [0, 0.05) is 0 Å². The quantitative estimate of drug-likeness (QED) is 0.214. The van der Waals surface area contributed by atoms with Gasteiger partial charge in [-0.15, -0.1) is 0 Å². The molecule has 0 fully saturated rings. The summed E-state index contributed by atoms with van der Waals surface area (Å²) < 4.78 is 14.3. The van der Waals surface area contributed by atoms with Crippen molar-refractivity contribution in [2.75, 3.05) is 9.80 Å². The van der Waals surface area contributed by atoms with Crippen molar-refractivity contribution < 1.29 is 49.9 Å². The van der Waals surface area contributed by atoms with Gasteiger partial charge in [-0.3, -0.25) is 0 Å². The fraction of sp³-hybridized carbons (Fsp3) is 0. The van der Waals surface area contributed by atoms with E-state index in [0.717, 1.165) is 9.80 Å². The Labute approximate surface area is 245 Å². The van der Waals surface area contributed by atoms with Crippen LogP contribution in [0.4, 0.5) is 11.4 Å². The van der Waals surface area contributed by atoms with E-state index in [1.165, 1.54) is 31.4 Å². The summed E-state index contributed by atoms with van der Waals surface area (Å²) in [4.78, 5) is 49.6. The van der Waals surface area contributed by atoms with Gasteiger partial charge in [-0.2, -0.15) is 0 Å². The molecule has 41 heavy (non-hydrogen) atoms. The third-order valence-corrected chi connectivity index (χ3v) is 8.81. The number of carbonyl (C=O) groups excluding carboxylic acids is 4.